The molecule has 0 N–H and O–H groups in total. The number of piperidine rings is 1. The fourth-order valence-corrected chi connectivity index (χ4v) is 5.53. The van der Waals surface area contributed by atoms with Crippen LogP contribution in [0.4, 0.5) is 0 Å². The van der Waals surface area contributed by atoms with Gasteiger partial charge in [-0.05, 0) is 41.9 Å². The van der Waals surface area contributed by atoms with E-state index in [1.165, 1.54) is 6.42 Å². The summed E-state index contributed by atoms with van der Waals surface area (Å²) in [6.45, 7) is 12.6. The Morgan fingerprint density at radius 2 is 1.66 bits per heavy atom. The summed E-state index contributed by atoms with van der Waals surface area (Å²) < 4.78 is 27.5. The Balaban J connectivity index is 1.56. The molecular weight excluding hydrogens is 386 g/mol. The van der Waals surface area contributed by atoms with Crippen molar-refractivity contribution in [3.63, 3.8) is 0 Å². The largest absolute Gasteiger partial charge is 0.341 e. The van der Waals surface area contributed by atoms with Gasteiger partial charge in [-0.1, -0.05) is 39.8 Å². The third kappa shape index (κ3) is 5.38. The molecule has 1 amide bonds. The molecule has 29 heavy (non-hydrogen) atoms. The molecule has 0 aliphatic carbocycles. The minimum atomic E-state index is -3.49. The van der Waals surface area contributed by atoms with E-state index < -0.39 is 10.0 Å². The molecule has 0 spiro atoms. The van der Waals surface area contributed by atoms with Crippen molar-refractivity contribution in [1.82, 2.24) is 14.1 Å². The zero-order chi connectivity index (χ0) is 21.2. The van der Waals surface area contributed by atoms with Gasteiger partial charge in [-0.15, -0.1) is 0 Å². The van der Waals surface area contributed by atoms with Crippen LogP contribution in [-0.2, 0) is 20.2 Å². The highest BCUT2D eigenvalue weighted by Crippen LogP contribution is 2.25. The molecule has 1 atom stereocenters. The fourth-order valence-electron chi connectivity index (χ4n) is 4.11. The number of likely N-dealkylation sites (tertiary alicyclic amines) is 1. The summed E-state index contributed by atoms with van der Waals surface area (Å²) in [4.78, 5) is 17.0. The number of hydrogen-bond donors (Lipinski definition) is 0. The molecule has 3 rings (SSSR count). The molecule has 1 aromatic carbocycles. The second-order valence-electron chi connectivity index (χ2n) is 9.54. The Hall–Kier alpha value is -1.44. The first-order chi connectivity index (χ1) is 13.6. The summed E-state index contributed by atoms with van der Waals surface area (Å²) in [7, 11) is -3.49. The van der Waals surface area contributed by atoms with Crippen LogP contribution in [0.1, 0.15) is 46.1 Å². The summed E-state index contributed by atoms with van der Waals surface area (Å²) >= 11 is 0. The smallest absolute Gasteiger partial charge is 0.243 e. The van der Waals surface area contributed by atoms with Crippen LogP contribution in [0.25, 0.3) is 0 Å². The zero-order valence-corrected chi connectivity index (χ0v) is 19.0. The van der Waals surface area contributed by atoms with Gasteiger partial charge in [0.15, 0.2) is 0 Å². The predicted molar refractivity (Wildman–Crippen MR) is 115 cm³/mol. The van der Waals surface area contributed by atoms with Crippen LogP contribution in [0, 0.1) is 5.92 Å². The Kier molecular flexibility index (Phi) is 6.70. The standard InChI is InChI=1S/C22H35N3O3S/c1-18-6-5-11-24(16-18)21(26)17-23-12-14-25(15-13-23)29(27,28)20-9-7-19(8-10-20)22(2,3)4/h7-10,18H,5-6,11-17H2,1-4H3/t18-/m1/s1. The lowest BCUT2D eigenvalue weighted by molar-refractivity contribution is -0.134. The van der Waals surface area contributed by atoms with E-state index in [9.17, 15) is 13.2 Å². The fraction of sp³-hybridized carbons (Fsp3) is 0.682. The first kappa shape index (κ1) is 22.2. The second-order valence-corrected chi connectivity index (χ2v) is 11.5. The lowest BCUT2D eigenvalue weighted by Crippen LogP contribution is -2.52. The van der Waals surface area contributed by atoms with E-state index in [1.807, 2.05) is 17.0 Å². The molecule has 2 fully saturated rings. The van der Waals surface area contributed by atoms with Crippen LogP contribution in [-0.4, -0.2) is 74.2 Å². The molecule has 0 unspecified atom stereocenters. The van der Waals surface area contributed by atoms with Gasteiger partial charge in [0, 0.05) is 39.3 Å². The third-order valence-corrected chi connectivity index (χ3v) is 7.97. The van der Waals surface area contributed by atoms with Crippen molar-refractivity contribution in [3.05, 3.63) is 29.8 Å². The third-order valence-electron chi connectivity index (χ3n) is 6.06. The van der Waals surface area contributed by atoms with Crippen molar-refractivity contribution in [2.24, 2.45) is 5.92 Å². The van der Waals surface area contributed by atoms with Gasteiger partial charge < -0.3 is 4.90 Å². The summed E-state index contributed by atoms with van der Waals surface area (Å²) in [5, 5.41) is 0. The normalized spacial score (nSPS) is 22.6. The van der Waals surface area contributed by atoms with Crippen LogP contribution in [0.15, 0.2) is 29.2 Å². The maximum absolute atomic E-state index is 13.0. The zero-order valence-electron chi connectivity index (χ0n) is 18.2. The summed E-state index contributed by atoms with van der Waals surface area (Å²) in [6, 6.07) is 7.23. The molecular formula is C22H35N3O3S. The van der Waals surface area contributed by atoms with Gasteiger partial charge in [0.2, 0.25) is 15.9 Å². The van der Waals surface area contributed by atoms with E-state index >= 15 is 0 Å². The Labute approximate surface area is 175 Å². The molecule has 6 nitrogen and oxygen atoms in total. The molecule has 0 saturated carbocycles. The molecule has 162 valence electrons. The Bertz CT molecular complexity index is 807. The van der Waals surface area contributed by atoms with Gasteiger partial charge in [-0.2, -0.15) is 4.31 Å². The summed E-state index contributed by atoms with van der Waals surface area (Å²) in [5.74, 6) is 0.741. The van der Waals surface area contributed by atoms with Gasteiger partial charge in [-0.25, -0.2) is 8.42 Å². The van der Waals surface area contributed by atoms with Crippen LogP contribution < -0.4 is 0 Å². The maximum Gasteiger partial charge on any atom is 0.243 e. The minimum Gasteiger partial charge on any atom is -0.341 e. The number of rotatable bonds is 4. The predicted octanol–water partition coefficient (Wildman–Crippen LogP) is 2.55. The van der Waals surface area contributed by atoms with Crippen molar-refractivity contribution in [2.45, 2.75) is 50.8 Å². The van der Waals surface area contributed by atoms with Crippen LogP contribution in [0.2, 0.25) is 0 Å². The number of hydrogen-bond acceptors (Lipinski definition) is 4. The van der Waals surface area contributed by atoms with E-state index in [-0.39, 0.29) is 11.3 Å². The van der Waals surface area contributed by atoms with Crippen LogP contribution in [0.5, 0.6) is 0 Å². The van der Waals surface area contributed by atoms with Gasteiger partial charge in [-0.3, -0.25) is 9.69 Å². The lowest BCUT2D eigenvalue weighted by Gasteiger charge is -2.36. The average molecular weight is 422 g/mol. The number of nitrogens with zero attached hydrogens (tertiary/aromatic N) is 3. The van der Waals surface area contributed by atoms with Crippen LogP contribution in [0.3, 0.4) is 0 Å². The van der Waals surface area contributed by atoms with Gasteiger partial charge >= 0.3 is 0 Å². The first-order valence-electron chi connectivity index (χ1n) is 10.7. The summed E-state index contributed by atoms with van der Waals surface area (Å²) in [5.41, 5.74) is 1.11. The van der Waals surface area contributed by atoms with E-state index in [4.69, 9.17) is 0 Å². The molecule has 7 heteroatoms. The quantitative estimate of drug-likeness (QED) is 0.750. The van der Waals surface area contributed by atoms with Crippen LogP contribution >= 0.6 is 0 Å². The molecule has 0 bridgehead atoms. The van der Waals surface area contributed by atoms with Gasteiger partial charge in [0.05, 0.1) is 11.4 Å². The monoisotopic (exact) mass is 421 g/mol. The van der Waals surface area contributed by atoms with Gasteiger partial charge in [0.1, 0.15) is 0 Å². The van der Waals surface area contributed by atoms with E-state index in [2.05, 4.69) is 32.6 Å². The Morgan fingerprint density at radius 1 is 1.03 bits per heavy atom. The highest BCUT2D eigenvalue weighted by molar-refractivity contribution is 7.89. The summed E-state index contributed by atoms with van der Waals surface area (Å²) in [6.07, 6.45) is 2.27. The topological polar surface area (TPSA) is 60.9 Å². The number of piperazine rings is 1. The molecule has 2 aliphatic rings. The number of carbonyl (C=O) groups is 1. The first-order valence-corrected chi connectivity index (χ1v) is 12.1. The van der Waals surface area contributed by atoms with Crippen molar-refractivity contribution in [3.8, 4) is 0 Å². The highest BCUT2D eigenvalue weighted by Gasteiger charge is 2.30. The highest BCUT2D eigenvalue weighted by atomic mass is 32.2. The Morgan fingerprint density at radius 3 is 2.21 bits per heavy atom. The molecule has 1 aromatic rings. The maximum atomic E-state index is 13.0. The molecule has 0 aromatic heterocycles. The van der Waals surface area contributed by atoms with E-state index in [0.29, 0.717) is 43.5 Å². The molecule has 2 aliphatic heterocycles. The molecule has 2 saturated heterocycles. The van der Waals surface area contributed by atoms with E-state index in [1.54, 1.807) is 16.4 Å². The SMILES string of the molecule is C[C@@H]1CCCN(C(=O)CN2CCN(S(=O)(=O)c3ccc(C(C)(C)C)cc3)CC2)C1. The number of amides is 1. The number of benzene rings is 1. The van der Waals surface area contributed by atoms with Crippen molar-refractivity contribution < 1.29 is 13.2 Å². The molecule has 0 radical (unpaired) electrons. The average Bonchev–Trinajstić information content (AvgIpc) is 2.68. The van der Waals surface area contributed by atoms with Crippen molar-refractivity contribution in [2.75, 3.05) is 45.8 Å². The number of carbonyl (C=O) groups excluding carboxylic acids is 1. The van der Waals surface area contributed by atoms with Crippen molar-refractivity contribution >= 4 is 15.9 Å². The van der Waals surface area contributed by atoms with Crippen molar-refractivity contribution in [1.29, 1.82) is 0 Å². The number of sulfonamides is 1. The second kappa shape index (κ2) is 8.74. The van der Waals surface area contributed by atoms with Gasteiger partial charge in [0.25, 0.3) is 0 Å². The molecule has 2 heterocycles. The lowest BCUT2D eigenvalue weighted by atomic mass is 9.87. The minimum absolute atomic E-state index is 0.00734. The van der Waals surface area contributed by atoms with E-state index in [0.717, 1.165) is 25.1 Å².